The molecule has 128 valence electrons. The molecule has 0 unspecified atom stereocenters. The second-order valence-corrected chi connectivity index (χ2v) is 6.99. The van der Waals surface area contributed by atoms with Gasteiger partial charge in [0.15, 0.2) is 0 Å². The van der Waals surface area contributed by atoms with Crippen LogP contribution in [0.25, 0.3) is 0 Å². The minimum atomic E-state index is -0.116. The van der Waals surface area contributed by atoms with Crippen molar-refractivity contribution in [2.45, 2.75) is 52.3 Å². The third-order valence-electron chi connectivity index (χ3n) is 4.19. The van der Waals surface area contributed by atoms with Crippen LogP contribution in [0.4, 0.5) is 5.82 Å². The van der Waals surface area contributed by atoms with Gasteiger partial charge in [-0.2, -0.15) is 5.10 Å². The van der Waals surface area contributed by atoms with Crippen molar-refractivity contribution in [1.82, 2.24) is 9.78 Å². The molecular formula is C18H22ClN3O2. The number of fused-ring (bicyclic) bond motifs is 1. The average molecular weight is 348 g/mol. The van der Waals surface area contributed by atoms with Crippen LogP contribution in [0.3, 0.4) is 0 Å². The molecule has 0 bridgehead atoms. The van der Waals surface area contributed by atoms with Crippen molar-refractivity contribution in [3.8, 4) is 5.75 Å². The van der Waals surface area contributed by atoms with Gasteiger partial charge in [0.25, 0.3) is 5.91 Å². The number of amides is 1. The summed E-state index contributed by atoms with van der Waals surface area (Å²) >= 11 is 6.13. The highest BCUT2D eigenvalue weighted by Gasteiger charge is 2.34. The standard InChI is InChI=1S/C18H22ClN3O2/c1-11(2)24-16-6-5-14(19)10-15(16)18(23)21-12(3)9-13(4)22-17(21)7-8-20-22/h5-8,10-13H,9H2,1-4H3/t12-,13+/m0/s1. The van der Waals surface area contributed by atoms with Crippen molar-refractivity contribution in [2.24, 2.45) is 0 Å². The van der Waals surface area contributed by atoms with Crippen molar-refractivity contribution < 1.29 is 9.53 Å². The van der Waals surface area contributed by atoms with E-state index in [2.05, 4.69) is 18.9 Å². The lowest BCUT2D eigenvalue weighted by atomic mass is 10.0. The summed E-state index contributed by atoms with van der Waals surface area (Å²) < 4.78 is 7.70. The van der Waals surface area contributed by atoms with Crippen LogP contribution in [0.1, 0.15) is 50.5 Å². The molecule has 0 N–H and O–H groups in total. The molecule has 24 heavy (non-hydrogen) atoms. The predicted octanol–water partition coefficient (Wildman–Crippen LogP) is 4.32. The fourth-order valence-electron chi connectivity index (χ4n) is 3.22. The normalized spacial score (nSPS) is 20.2. The lowest BCUT2D eigenvalue weighted by Gasteiger charge is -2.37. The molecule has 3 rings (SSSR count). The Kier molecular flexibility index (Phi) is 4.54. The lowest BCUT2D eigenvalue weighted by molar-refractivity contribution is 0.0961. The summed E-state index contributed by atoms with van der Waals surface area (Å²) in [4.78, 5) is 15.1. The van der Waals surface area contributed by atoms with Gasteiger partial charge in [0.2, 0.25) is 0 Å². The molecule has 1 aromatic heterocycles. The van der Waals surface area contributed by atoms with Gasteiger partial charge in [0, 0.05) is 17.1 Å². The van der Waals surface area contributed by atoms with E-state index in [0.29, 0.717) is 16.3 Å². The average Bonchev–Trinajstić information content (AvgIpc) is 2.98. The summed E-state index contributed by atoms with van der Waals surface area (Å²) in [5.41, 5.74) is 0.477. The van der Waals surface area contributed by atoms with E-state index in [-0.39, 0.29) is 24.1 Å². The number of hydrogen-bond acceptors (Lipinski definition) is 3. The Morgan fingerprint density at radius 3 is 2.75 bits per heavy atom. The number of anilines is 1. The SMILES string of the molecule is CC(C)Oc1ccc(Cl)cc1C(=O)N1c2ccnn2[C@H](C)C[C@@H]1C. The first kappa shape index (κ1) is 16.8. The van der Waals surface area contributed by atoms with Crippen molar-refractivity contribution in [1.29, 1.82) is 0 Å². The molecule has 0 saturated carbocycles. The van der Waals surface area contributed by atoms with Crippen LogP contribution in [0.15, 0.2) is 30.5 Å². The zero-order chi connectivity index (χ0) is 17.4. The van der Waals surface area contributed by atoms with E-state index in [9.17, 15) is 4.79 Å². The molecule has 6 heteroatoms. The first-order valence-corrected chi connectivity index (χ1v) is 8.59. The number of ether oxygens (including phenoxy) is 1. The van der Waals surface area contributed by atoms with Gasteiger partial charge in [-0.25, -0.2) is 4.68 Å². The van der Waals surface area contributed by atoms with Gasteiger partial charge in [-0.3, -0.25) is 9.69 Å². The Bertz CT molecular complexity index is 756. The van der Waals surface area contributed by atoms with Crippen LogP contribution in [-0.4, -0.2) is 27.8 Å². The molecule has 1 amide bonds. The third-order valence-corrected chi connectivity index (χ3v) is 4.43. The number of nitrogens with zero attached hydrogens (tertiary/aromatic N) is 3. The van der Waals surface area contributed by atoms with E-state index in [1.54, 1.807) is 29.3 Å². The molecule has 1 aliphatic rings. The molecule has 2 heterocycles. The van der Waals surface area contributed by atoms with Crippen molar-refractivity contribution in [3.63, 3.8) is 0 Å². The van der Waals surface area contributed by atoms with E-state index < -0.39 is 0 Å². The Balaban J connectivity index is 2.04. The molecule has 0 spiro atoms. The zero-order valence-corrected chi connectivity index (χ0v) is 15.1. The molecule has 5 nitrogen and oxygen atoms in total. The highest BCUT2D eigenvalue weighted by atomic mass is 35.5. The van der Waals surface area contributed by atoms with E-state index in [4.69, 9.17) is 16.3 Å². The van der Waals surface area contributed by atoms with E-state index >= 15 is 0 Å². The molecule has 0 saturated heterocycles. The number of hydrogen-bond donors (Lipinski definition) is 0. The summed E-state index contributed by atoms with van der Waals surface area (Å²) in [6, 6.07) is 7.37. The topological polar surface area (TPSA) is 47.4 Å². The van der Waals surface area contributed by atoms with E-state index in [0.717, 1.165) is 12.2 Å². The monoisotopic (exact) mass is 347 g/mol. The Hall–Kier alpha value is -2.01. The first-order valence-electron chi connectivity index (χ1n) is 8.21. The largest absolute Gasteiger partial charge is 0.490 e. The first-order chi connectivity index (χ1) is 11.4. The fourth-order valence-corrected chi connectivity index (χ4v) is 3.39. The predicted molar refractivity (Wildman–Crippen MR) is 95.0 cm³/mol. The number of rotatable bonds is 3. The third kappa shape index (κ3) is 3.00. The van der Waals surface area contributed by atoms with Crippen LogP contribution in [-0.2, 0) is 0 Å². The van der Waals surface area contributed by atoms with Gasteiger partial charge in [0.1, 0.15) is 11.6 Å². The number of carbonyl (C=O) groups is 1. The molecule has 0 aliphatic carbocycles. The number of carbonyl (C=O) groups excluding carboxylic acids is 1. The lowest BCUT2D eigenvalue weighted by Crippen LogP contribution is -2.45. The number of halogens is 1. The summed E-state index contributed by atoms with van der Waals surface area (Å²) in [7, 11) is 0. The highest BCUT2D eigenvalue weighted by Crippen LogP contribution is 2.34. The summed E-state index contributed by atoms with van der Waals surface area (Å²) in [5, 5.41) is 4.87. The molecular weight excluding hydrogens is 326 g/mol. The van der Waals surface area contributed by atoms with Crippen LogP contribution in [0.5, 0.6) is 5.75 Å². The second-order valence-electron chi connectivity index (χ2n) is 6.55. The second kappa shape index (κ2) is 6.48. The number of aromatic nitrogens is 2. The van der Waals surface area contributed by atoms with Gasteiger partial charge in [-0.05, 0) is 52.3 Å². The summed E-state index contributed by atoms with van der Waals surface area (Å²) in [6.07, 6.45) is 2.55. The molecule has 0 fully saturated rings. The van der Waals surface area contributed by atoms with E-state index in [1.807, 2.05) is 24.6 Å². The minimum Gasteiger partial charge on any atom is -0.490 e. The van der Waals surface area contributed by atoms with Crippen molar-refractivity contribution in [3.05, 3.63) is 41.0 Å². The Morgan fingerprint density at radius 1 is 1.29 bits per heavy atom. The minimum absolute atomic E-state index is 0.0259. The number of benzene rings is 1. The van der Waals surface area contributed by atoms with Gasteiger partial charge < -0.3 is 4.74 Å². The van der Waals surface area contributed by atoms with Gasteiger partial charge in [-0.1, -0.05) is 11.6 Å². The van der Waals surface area contributed by atoms with Gasteiger partial charge in [0.05, 0.1) is 23.9 Å². The maximum atomic E-state index is 13.3. The van der Waals surface area contributed by atoms with Crippen LogP contribution < -0.4 is 9.64 Å². The molecule has 2 aromatic rings. The fraction of sp³-hybridized carbons (Fsp3) is 0.444. The van der Waals surface area contributed by atoms with Crippen LogP contribution in [0, 0.1) is 0 Å². The molecule has 1 aliphatic heterocycles. The Morgan fingerprint density at radius 2 is 2.04 bits per heavy atom. The maximum absolute atomic E-state index is 13.3. The highest BCUT2D eigenvalue weighted by molar-refractivity contribution is 6.31. The quantitative estimate of drug-likeness (QED) is 0.830. The summed E-state index contributed by atoms with van der Waals surface area (Å²) in [5.74, 6) is 1.24. The smallest absolute Gasteiger partial charge is 0.263 e. The zero-order valence-electron chi connectivity index (χ0n) is 14.4. The van der Waals surface area contributed by atoms with Crippen molar-refractivity contribution in [2.75, 3.05) is 4.90 Å². The molecule has 2 atom stereocenters. The van der Waals surface area contributed by atoms with Crippen LogP contribution >= 0.6 is 11.6 Å². The summed E-state index contributed by atoms with van der Waals surface area (Å²) in [6.45, 7) is 8.03. The Labute approximate surface area is 147 Å². The van der Waals surface area contributed by atoms with E-state index in [1.165, 1.54) is 0 Å². The van der Waals surface area contributed by atoms with Crippen molar-refractivity contribution >= 4 is 23.3 Å². The van der Waals surface area contributed by atoms with Crippen LogP contribution in [0.2, 0.25) is 5.02 Å². The maximum Gasteiger partial charge on any atom is 0.263 e. The molecule has 0 radical (unpaired) electrons. The molecule has 1 aromatic carbocycles. The van der Waals surface area contributed by atoms with Gasteiger partial charge in [-0.15, -0.1) is 0 Å². The van der Waals surface area contributed by atoms with Gasteiger partial charge >= 0.3 is 0 Å².